The minimum absolute atomic E-state index is 0.259. The topological polar surface area (TPSA) is 60.5 Å². The monoisotopic (exact) mass is 338 g/mol. The van der Waals surface area contributed by atoms with Gasteiger partial charge in [0.25, 0.3) is 0 Å². The minimum atomic E-state index is -4.89. The van der Waals surface area contributed by atoms with Crippen LogP contribution in [-0.4, -0.2) is 30.6 Å². The van der Waals surface area contributed by atoms with Crippen LogP contribution in [-0.2, 0) is 13.6 Å². The summed E-state index contributed by atoms with van der Waals surface area (Å²) in [4.78, 5) is 3.55. The number of rotatable bonds is 6. The summed E-state index contributed by atoms with van der Waals surface area (Å²) in [6.07, 6.45) is -8.59. The van der Waals surface area contributed by atoms with Gasteiger partial charge in [0.2, 0.25) is 0 Å². The van der Waals surface area contributed by atoms with Crippen molar-refractivity contribution in [2.24, 2.45) is 0 Å². The quantitative estimate of drug-likeness (QED) is 0.632. The van der Waals surface area contributed by atoms with Crippen molar-refractivity contribution in [3.8, 4) is 0 Å². The molecule has 0 radical (unpaired) electrons. The average Bonchev–Trinajstić information content (AvgIpc) is 2.34. The van der Waals surface area contributed by atoms with E-state index in [1.54, 1.807) is 5.09 Å². The first-order valence-corrected chi connectivity index (χ1v) is 6.75. The predicted molar refractivity (Wildman–Crippen MR) is 59.5 cm³/mol. The van der Waals surface area contributed by atoms with Gasteiger partial charge in [-0.3, -0.25) is 14.1 Å². The van der Waals surface area contributed by atoms with Crippen LogP contribution in [0.3, 0.4) is 0 Å². The third-order valence-electron chi connectivity index (χ3n) is 1.71. The first-order valence-electron chi connectivity index (χ1n) is 5.21. The van der Waals surface area contributed by atoms with Gasteiger partial charge in [-0.25, -0.2) is 9.55 Å². The molecule has 0 amide bonds. The molecule has 1 rings (SSSR count). The van der Waals surface area contributed by atoms with Crippen LogP contribution < -0.4 is 5.09 Å². The molecule has 21 heavy (non-hydrogen) atoms. The third kappa shape index (κ3) is 7.88. The van der Waals surface area contributed by atoms with Gasteiger partial charge in [0.1, 0.15) is 5.82 Å². The molecular formula is C9H9F6N2O3P. The summed E-state index contributed by atoms with van der Waals surface area (Å²) in [5.74, 6) is -0.259. The van der Waals surface area contributed by atoms with Crippen LogP contribution in [0.4, 0.5) is 32.2 Å². The molecule has 12 heteroatoms. The van der Waals surface area contributed by atoms with E-state index in [0.29, 0.717) is 0 Å². The summed E-state index contributed by atoms with van der Waals surface area (Å²) >= 11 is 0. The van der Waals surface area contributed by atoms with Crippen LogP contribution in [0.25, 0.3) is 0 Å². The Morgan fingerprint density at radius 3 is 1.95 bits per heavy atom. The van der Waals surface area contributed by atoms with Gasteiger partial charge < -0.3 is 0 Å². The largest absolute Gasteiger partial charge is 0.434 e. The summed E-state index contributed by atoms with van der Waals surface area (Å²) in [6, 6.07) is 3.97. The fourth-order valence-corrected chi connectivity index (χ4v) is 2.24. The van der Waals surface area contributed by atoms with Gasteiger partial charge in [0.05, 0.1) is 0 Å². The van der Waals surface area contributed by atoms with E-state index in [0.717, 1.165) is 0 Å². The second kappa shape index (κ2) is 6.63. The second-order valence-electron chi connectivity index (χ2n) is 3.60. The molecule has 0 saturated carbocycles. The summed E-state index contributed by atoms with van der Waals surface area (Å²) in [7, 11) is -4.89. The van der Waals surface area contributed by atoms with E-state index < -0.39 is 33.3 Å². The summed E-state index contributed by atoms with van der Waals surface area (Å²) in [5.41, 5.74) is 0. The number of nitrogens with zero attached hydrogens (tertiary/aromatic N) is 1. The fraction of sp³-hybridized carbons (Fsp3) is 0.444. The zero-order valence-corrected chi connectivity index (χ0v) is 11.0. The Balaban J connectivity index is 2.80. The van der Waals surface area contributed by atoms with E-state index in [2.05, 4.69) is 14.0 Å². The Morgan fingerprint density at radius 2 is 1.57 bits per heavy atom. The molecule has 0 aliphatic rings. The molecule has 0 aromatic carbocycles. The lowest BCUT2D eigenvalue weighted by Gasteiger charge is -2.20. The van der Waals surface area contributed by atoms with Crippen molar-refractivity contribution in [1.82, 2.24) is 4.98 Å². The van der Waals surface area contributed by atoms with Crippen molar-refractivity contribution in [3.63, 3.8) is 0 Å². The Labute approximate surface area is 114 Å². The SMILES string of the molecule is O=P(Nc1ccccn1)(OCC(F)(F)F)OCC(F)(F)F. The third-order valence-corrected chi connectivity index (χ3v) is 3.15. The van der Waals surface area contributed by atoms with Crippen molar-refractivity contribution in [2.45, 2.75) is 12.4 Å². The van der Waals surface area contributed by atoms with Gasteiger partial charge in [0, 0.05) is 6.20 Å². The summed E-state index contributed by atoms with van der Waals surface area (Å²) in [5, 5.41) is 1.80. The molecule has 0 bridgehead atoms. The molecule has 0 spiro atoms. The van der Waals surface area contributed by atoms with E-state index in [4.69, 9.17) is 0 Å². The minimum Gasteiger partial charge on any atom is -0.283 e. The van der Waals surface area contributed by atoms with Crippen LogP contribution in [0, 0.1) is 0 Å². The number of pyridine rings is 1. The van der Waals surface area contributed by atoms with E-state index >= 15 is 0 Å². The zero-order chi connectivity index (χ0) is 16.1. The molecule has 0 aliphatic carbocycles. The molecule has 0 atom stereocenters. The Bertz CT molecular complexity index is 470. The number of nitrogens with one attached hydrogen (secondary N) is 1. The number of halogens is 6. The molecular weight excluding hydrogens is 329 g/mol. The lowest BCUT2D eigenvalue weighted by atomic mass is 10.5. The Hall–Kier alpha value is -1.32. The fourth-order valence-electron chi connectivity index (χ4n) is 0.987. The van der Waals surface area contributed by atoms with Gasteiger partial charge in [-0.2, -0.15) is 26.3 Å². The molecule has 1 heterocycles. The normalized spacial score (nSPS) is 13.2. The van der Waals surface area contributed by atoms with E-state index in [1.165, 1.54) is 24.4 Å². The lowest BCUT2D eigenvalue weighted by Crippen LogP contribution is -2.22. The first-order chi connectivity index (χ1) is 9.49. The molecule has 0 aliphatic heterocycles. The predicted octanol–water partition coefficient (Wildman–Crippen LogP) is 3.76. The maximum atomic E-state index is 12.0. The van der Waals surface area contributed by atoms with E-state index in [1.807, 2.05) is 0 Å². The van der Waals surface area contributed by atoms with Crippen molar-refractivity contribution in [3.05, 3.63) is 24.4 Å². The maximum Gasteiger partial charge on any atom is 0.434 e. The van der Waals surface area contributed by atoms with Gasteiger partial charge in [-0.05, 0) is 12.1 Å². The van der Waals surface area contributed by atoms with Gasteiger partial charge in [-0.1, -0.05) is 6.07 Å². The van der Waals surface area contributed by atoms with E-state index in [-0.39, 0.29) is 5.82 Å². The highest BCUT2D eigenvalue weighted by Crippen LogP contribution is 2.49. The van der Waals surface area contributed by atoms with E-state index in [9.17, 15) is 30.9 Å². The zero-order valence-electron chi connectivity index (χ0n) is 10.1. The number of hydrogen-bond acceptors (Lipinski definition) is 4. The molecule has 5 nitrogen and oxygen atoms in total. The van der Waals surface area contributed by atoms with Crippen molar-refractivity contribution < 1.29 is 40.0 Å². The van der Waals surface area contributed by atoms with Gasteiger partial charge in [0.15, 0.2) is 13.2 Å². The number of hydrogen-bond donors (Lipinski definition) is 1. The standard InChI is InChI=1S/C9H9F6N2O3P/c10-8(11,12)5-19-21(18,20-6-9(13,14)15)17-7-3-1-2-4-16-7/h1-4H,5-6H2,(H,16,17,18). The highest BCUT2D eigenvalue weighted by Gasteiger charge is 2.38. The second-order valence-corrected chi connectivity index (χ2v) is 5.34. The lowest BCUT2D eigenvalue weighted by molar-refractivity contribution is -0.165. The highest BCUT2D eigenvalue weighted by atomic mass is 31.2. The number of alkyl halides is 6. The molecule has 1 aromatic heterocycles. The smallest absolute Gasteiger partial charge is 0.283 e. The maximum absolute atomic E-state index is 12.0. The molecule has 0 saturated heterocycles. The van der Waals surface area contributed by atoms with Gasteiger partial charge in [-0.15, -0.1) is 0 Å². The summed E-state index contributed by atoms with van der Waals surface area (Å²) < 4.78 is 92.0. The number of aromatic nitrogens is 1. The summed E-state index contributed by atoms with van der Waals surface area (Å²) in [6.45, 7) is -4.08. The number of anilines is 1. The first kappa shape index (κ1) is 17.7. The Morgan fingerprint density at radius 1 is 1.05 bits per heavy atom. The van der Waals surface area contributed by atoms with Crippen molar-refractivity contribution >= 4 is 13.6 Å². The van der Waals surface area contributed by atoms with Crippen molar-refractivity contribution in [1.29, 1.82) is 0 Å². The molecule has 1 aromatic rings. The average molecular weight is 338 g/mol. The van der Waals surface area contributed by atoms with Crippen LogP contribution in [0.5, 0.6) is 0 Å². The van der Waals surface area contributed by atoms with Crippen LogP contribution in [0.15, 0.2) is 24.4 Å². The van der Waals surface area contributed by atoms with Gasteiger partial charge >= 0.3 is 20.1 Å². The van der Waals surface area contributed by atoms with Crippen LogP contribution >= 0.6 is 7.75 Å². The molecule has 0 fully saturated rings. The Kier molecular flexibility index (Phi) is 5.60. The highest BCUT2D eigenvalue weighted by molar-refractivity contribution is 7.55. The molecule has 120 valence electrons. The van der Waals surface area contributed by atoms with Crippen molar-refractivity contribution in [2.75, 3.05) is 18.3 Å². The van der Waals surface area contributed by atoms with Crippen LogP contribution in [0.2, 0.25) is 0 Å². The van der Waals surface area contributed by atoms with Crippen LogP contribution in [0.1, 0.15) is 0 Å². The molecule has 0 unspecified atom stereocenters. The molecule has 1 N–H and O–H groups in total.